The number of rotatable bonds is 10. The normalized spacial score (nSPS) is 14.6. The molecule has 9 heteroatoms. The van der Waals surface area contributed by atoms with Crippen molar-refractivity contribution in [3.05, 3.63) is 54.0 Å². The Morgan fingerprint density at radius 2 is 2.00 bits per heavy atom. The molecule has 0 atom stereocenters. The van der Waals surface area contributed by atoms with Crippen molar-refractivity contribution in [3.8, 4) is 5.75 Å². The predicted molar refractivity (Wildman–Crippen MR) is 112 cm³/mol. The number of hydrogen-bond acceptors (Lipinski definition) is 8. The van der Waals surface area contributed by atoms with Crippen LogP contribution in [0.15, 0.2) is 42.7 Å². The van der Waals surface area contributed by atoms with Crippen LogP contribution in [-0.2, 0) is 16.1 Å². The van der Waals surface area contributed by atoms with Gasteiger partial charge in [0, 0.05) is 32.3 Å². The van der Waals surface area contributed by atoms with Gasteiger partial charge in [-0.05, 0) is 30.2 Å². The number of nitrogens with zero attached hydrogens (tertiary/aromatic N) is 3. The number of hydrogen-bond donors (Lipinski definition) is 3. The Hall–Kier alpha value is -3.01. The van der Waals surface area contributed by atoms with Gasteiger partial charge >= 0.3 is 0 Å². The number of amides is 1. The van der Waals surface area contributed by atoms with Crippen LogP contribution in [0.2, 0.25) is 0 Å². The van der Waals surface area contributed by atoms with E-state index in [2.05, 4.69) is 32.3 Å². The number of nitrogens with one attached hydrogen (secondary N) is 2. The highest BCUT2D eigenvalue weighted by Gasteiger charge is 2.10. The summed E-state index contributed by atoms with van der Waals surface area (Å²) >= 11 is 0. The maximum atomic E-state index is 10.9. The molecule has 2 heterocycles. The molecule has 9 nitrogen and oxygen atoms in total. The second-order valence-corrected chi connectivity index (χ2v) is 6.80. The summed E-state index contributed by atoms with van der Waals surface area (Å²) < 4.78 is 11.2. The second-order valence-electron chi connectivity index (χ2n) is 6.80. The van der Waals surface area contributed by atoms with Gasteiger partial charge < -0.3 is 14.8 Å². The zero-order valence-corrected chi connectivity index (χ0v) is 16.8. The summed E-state index contributed by atoms with van der Waals surface area (Å²) in [6, 6.07) is 8.24. The van der Waals surface area contributed by atoms with Gasteiger partial charge in [0.25, 0.3) is 5.91 Å². The Balaban J connectivity index is 1.32. The van der Waals surface area contributed by atoms with E-state index in [-0.39, 0.29) is 0 Å². The number of anilines is 1. The minimum Gasteiger partial charge on any atom is -0.494 e. The molecule has 1 aromatic carbocycles. The quantitative estimate of drug-likeness (QED) is 0.234. The van der Waals surface area contributed by atoms with Crippen LogP contribution < -0.4 is 15.5 Å². The summed E-state index contributed by atoms with van der Waals surface area (Å²) in [7, 11) is 0. The molecule has 1 saturated heterocycles. The van der Waals surface area contributed by atoms with E-state index in [1.807, 2.05) is 12.1 Å². The first-order valence-corrected chi connectivity index (χ1v) is 9.93. The minimum absolute atomic E-state index is 0.518. The van der Waals surface area contributed by atoms with Crippen molar-refractivity contribution >= 4 is 17.8 Å². The number of hydroxylamine groups is 1. The topological polar surface area (TPSA) is 109 Å². The third kappa shape index (κ3) is 7.43. The maximum absolute atomic E-state index is 10.9. The zero-order chi connectivity index (χ0) is 21.0. The Morgan fingerprint density at radius 3 is 2.70 bits per heavy atom. The summed E-state index contributed by atoms with van der Waals surface area (Å²) in [6.07, 6.45) is 6.57. The van der Waals surface area contributed by atoms with Gasteiger partial charge in [-0.1, -0.05) is 12.1 Å². The van der Waals surface area contributed by atoms with Gasteiger partial charge in [-0.15, -0.1) is 0 Å². The van der Waals surface area contributed by atoms with E-state index in [9.17, 15) is 4.79 Å². The van der Waals surface area contributed by atoms with E-state index in [0.29, 0.717) is 24.7 Å². The average Bonchev–Trinajstić information content (AvgIpc) is 2.80. The Kier molecular flexibility index (Phi) is 8.58. The number of carbonyl (C=O) groups is 1. The summed E-state index contributed by atoms with van der Waals surface area (Å²) in [6.45, 7) is 5.83. The fourth-order valence-electron chi connectivity index (χ4n) is 2.90. The smallest absolute Gasteiger partial charge is 0.267 e. The number of benzene rings is 1. The number of carbonyl (C=O) groups excluding carboxylic acids is 1. The van der Waals surface area contributed by atoms with E-state index in [0.717, 1.165) is 45.0 Å². The first kappa shape index (κ1) is 21.7. The van der Waals surface area contributed by atoms with Crippen molar-refractivity contribution in [2.45, 2.75) is 13.0 Å². The lowest BCUT2D eigenvalue weighted by molar-refractivity contribution is -0.124. The van der Waals surface area contributed by atoms with E-state index in [1.165, 1.54) is 23.2 Å². The molecule has 3 N–H and O–H groups in total. The van der Waals surface area contributed by atoms with Gasteiger partial charge in [0.15, 0.2) is 0 Å². The van der Waals surface area contributed by atoms with Crippen molar-refractivity contribution in [3.63, 3.8) is 0 Å². The zero-order valence-electron chi connectivity index (χ0n) is 16.8. The van der Waals surface area contributed by atoms with Crippen LogP contribution in [0.3, 0.4) is 0 Å². The van der Waals surface area contributed by atoms with Crippen LogP contribution >= 0.6 is 0 Å². The van der Waals surface area contributed by atoms with Gasteiger partial charge in [0.05, 0.1) is 37.9 Å². The average molecular weight is 413 g/mol. The highest BCUT2D eigenvalue weighted by molar-refractivity contribution is 5.90. The third-order valence-corrected chi connectivity index (χ3v) is 4.52. The molecule has 1 fully saturated rings. The lowest BCUT2D eigenvalue weighted by Gasteiger charge is -2.26. The lowest BCUT2D eigenvalue weighted by atomic mass is 10.2. The van der Waals surface area contributed by atoms with Gasteiger partial charge in [0.1, 0.15) is 11.6 Å². The first-order chi connectivity index (χ1) is 14.7. The summed E-state index contributed by atoms with van der Waals surface area (Å²) in [5.74, 6) is 0.889. The SMILES string of the molecule is O=C(C=Cc1cnc(NCCCOc2ccc(CN3CCOCC3)cc2)cn1)NO. The van der Waals surface area contributed by atoms with Gasteiger partial charge in [0.2, 0.25) is 0 Å². The molecule has 0 aliphatic carbocycles. The fourth-order valence-corrected chi connectivity index (χ4v) is 2.90. The number of morpholine rings is 1. The number of aromatic nitrogens is 2. The molecule has 0 radical (unpaired) electrons. The molecule has 0 saturated carbocycles. The van der Waals surface area contributed by atoms with Crippen molar-refractivity contribution in [1.29, 1.82) is 0 Å². The third-order valence-electron chi connectivity index (χ3n) is 4.52. The number of ether oxygens (including phenoxy) is 2. The van der Waals surface area contributed by atoms with Crippen LogP contribution in [0.1, 0.15) is 17.7 Å². The van der Waals surface area contributed by atoms with Crippen molar-refractivity contribution < 1.29 is 19.5 Å². The fraction of sp³-hybridized carbons (Fsp3) is 0.381. The van der Waals surface area contributed by atoms with Gasteiger partial charge in [-0.25, -0.2) is 10.5 Å². The van der Waals surface area contributed by atoms with E-state index >= 15 is 0 Å². The Morgan fingerprint density at radius 1 is 1.20 bits per heavy atom. The Labute approximate surface area is 175 Å². The monoisotopic (exact) mass is 413 g/mol. The molecular weight excluding hydrogens is 386 g/mol. The maximum Gasteiger partial charge on any atom is 0.267 e. The molecule has 2 aromatic rings. The highest BCUT2D eigenvalue weighted by Crippen LogP contribution is 2.14. The van der Waals surface area contributed by atoms with Gasteiger partial charge in [-0.3, -0.25) is 19.9 Å². The van der Waals surface area contributed by atoms with Crippen LogP contribution in [0.25, 0.3) is 6.08 Å². The summed E-state index contributed by atoms with van der Waals surface area (Å²) in [5, 5.41) is 11.6. The Bertz CT molecular complexity index is 805. The molecule has 160 valence electrons. The largest absolute Gasteiger partial charge is 0.494 e. The summed E-state index contributed by atoms with van der Waals surface area (Å²) in [4.78, 5) is 21.7. The second kappa shape index (κ2) is 11.9. The minimum atomic E-state index is -0.620. The molecule has 1 aliphatic heterocycles. The van der Waals surface area contributed by atoms with Gasteiger partial charge in [-0.2, -0.15) is 0 Å². The van der Waals surface area contributed by atoms with E-state index < -0.39 is 5.91 Å². The molecule has 1 aliphatic rings. The van der Waals surface area contributed by atoms with Crippen LogP contribution in [0.5, 0.6) is 5.75 Å². The molecule has 0 spiro atoms. The van der Waals surface area contributed by atoms with Crippen LogP contribution in [0.4, 0.5) is 5.82 Å². The molecule has 1 amide bonds. The van der Waals surface area contributed by atoms with E-state index in [4.69, 9.17) is 14.7 Å². The highest BCUT2D eigenvalue weighted by atomic mass is 16.5. The van der Waals surface area contributed by atoms with Crippen LogP contribution in [0, 0.1) is 0 Å². The lowest BCUT2D eigenvalue weighted by Crippen LogP contribution is -2.35. The standard InChI is InChI=1S/C21H27N5O4/c27-21(25-28)7-4-18-14-24-20(15-23-18)22-8-1-11-30-19-5-2-17(3-6-19)16-26-9-12-29-13-10-26/h2-7,14-15,28H,1,8-13,16H2,(H,22,24)(H,25,27). The molecule has 3 rings (SSSR count). The summed E-state index contributed by atoms with van der Waals surface area (Å²) in [5.41, 5.74) is 3.31. The molecule has 0 unspecified atom stereocenters. The molecule has 0 bridgehead atoms. The van der Waals surface area contributed by atoms with Crippen molar-refractivity contribution in [2.75, 3.05) is 44.8 Å². The first-order valence-electron chi connectivity index (χ1n) is 9.93. The van der Waals surface area contributed by atoms with Crippen molar-refractivity contribution in [1.82, 2.24) is 20.3 Å². The molecule has 30 heavy (non-hydrogen) atoms. The van der Waals surface area contributed by atoms with Crippen molar-refractivity contribution in [2.24, 2.45) is 0 Å². The van der Waals surface area contributed by atoms with E-state index in [1.54, 1.807) is 12.4 Å². The molecule has 1 aromatic heterocycles. The van der Waals surface area contributed by atoms with Crippen LogP contribution in [-0.4, -0.2) is 65.4 Å². The predicted octanol–water partition coefficient (Wildman–Crippen LogP) is 1.71. The molecular formula is C21H27N5O4.